The molecule has 0 spiro atoms. The molecule has 1 aliphatic heterocycles. The fourth-order valence-corrected chi connectivity index (χ4v) is 3.33. The van der Waals surface area contributed by atoms with Gasteiger partial charge in [0.15, 0.2) is 0 Å². The Bertz CT molecular complexity index is 886. The number of hydrogen-bond acceptors (Lipinski definition) is 6. The van der Waals surface area contributed by atoms with Gasteiger partial charge in [0.25, 0.3) is 0 Å². The van der Waals surface area contributed by atoms with Gasteiger partial charge in [0.1, 0.15) is 18.4 Å². The molecule has 0 bridgehead atoms. The summed E-state index contributed by atoms with van der Waals surface area (Å²) in [5, 5.41) is 7.76. The lowest BCUT2D eigenvalue weighted by Gasteiger charge is -2.25. The maximum atomic E-state index is 12.9. The summed E-state index contributed by atoms with van der Waals surface area (Å²) in [6.07, 6.45) is 4.34. The fraction of sp³-hybridized carbons (Fsp3) is 0.435. The molecule has 3 atom stereocenters. The molecule has 178 valence electrons. The van der Waals surface area contributed by atoms with Crippen LogP contribution in [0.2, 0.25) is 0 Å². The Morgan fingerprint density at radius 1 is 1.15 bits per heavy atom. The van der Waals surface area contributed by atoms with Crippen molar-refractivity contribution in [3.63, 3.8) is 0 Å². The molecule has 2 rings (SSSR count). The molecule has 10 heteroatoms. The average molecular weight is 458 g/mol. The smallest absolute Gasteiger partial charge is 0.244 e. The van der Waals surface area contributed by atoms with Crippen LogP contribution in [0.4, 0.5) is 0 Å². The van der Waals surface area contributed by atoms with Crippen molar-refractivity contribution in [1.82, 2.24) is 20.9 Å². The number of nitrogens with zero attached hydrogens (tertiary/aromatic N) is 1. The number of amides is 4. The van der Waals surface area contributed by atoms with Gasteiger partial charge in [0, 0.05) is 12.6 Å². The summed E-state index contributed by atoms with van der Waals surface area (Å²) in [5.74, 6) is -2.06. The second kappa shape index (κ2) is 12.5. The number of nitrogens with two attached hydrogens (primary N) is 1. The fourth-order valence-electron chi connectivity index (χ4n) is 3.33. The van der Waals surface area contributed by atoms with Gasteiger partial charge in [-0.1, -0.05) is 50.3 Å². The highest BCUT2D eigenvalue weighted by molar-refractivity contribution is 5.94. The number of benzene rings is 1. The van der Waals surface area contributed by atoms with Crippen LogP contribution in [0.25, 0.3) is 0 Å². The van der Waals surface area contributed by atoms with Gasteiger partial charge in [-0.15, -0.1) is 0 Å². The van der Waals surface area contributed by atoms with Crippen LogP contribution >= 0.6 is 0 Å². The first kappa shape index (κ1) is 25.7. The summed E-state index contributed by atoms with van der Waals surface area (Å²) < 4.78 is 0. The zero-order valence-corrected chi connectivity index (χ0v) is 18.8. The zero-order valence-electron chi connectivity index (χ0n) is 18.8. The summed E-state index contributed by atoms with van der Waals surface area (Å²) in [6, 6.07) is 6.66. The third kappa shape index (κ3) is 7.53. The Morgan fingerprint density at radius 3 is 2.45 bits per heavy atom. The number of aldehydes is 1. The molecule has 0 saturated heterocycles. The van der Waals surface area contributed by atoms with Gasteiger partial charge < -0.3 is 31.4 Å². The summed E-state index contributed by atoms with van der Waals surface area (Å²) in [6.45, 7) is 3.00. The number of nitrogens with one attached hydrogen (secondary N) is 3. The second-order valence-corrected chi connectivity index (χ2v) is 8.08. The number of hydrogen-bond donors (Lipinski definition) is 4. The van der Waals surface area contributed by atoms with Crippen LogP contribution in [0.15, 0.2) is 42.6 Å². The Hall–Kier alpha value is -3.53. The van der Waals surface area contributed by atoms with Crippen LogP contribution in [0.3, 0.4) is 0 Å². The van der Waals surface area contributed by atoms with E-state index >= 15 is 0 Å². The van der Waals surface area contributed by atoms with E-state index in [9.17, 15) is 24.0 Å². The summed E-state index contributed by atoms with van der Waals surface area (Å²) in [7, 11) is 0. The molecule has 5 N–H and O–H groups in total. The highest BCUT2D eigenvalue weighted by atomic mass is 16.2. The predicted molar refractivity (Wildman–Crippen MR) is 121 cm³/mol. The van der Waals surface area contributed by atoms with Crippen LogP contribution in [-0.4, -0.2) is 66.0 Å². The largest absolute Gasteiger partial charge is 0.345 e. The second-order valence-electron chi connectivity index (χ2n) is 8.08. The van der Waals surface area contributed by atoms with E-state index in [0.717, 1.165) is 5.56 Å². The van der Waals surface area contributed by atoms with Crippen molar-refractivity contribution in [2.75, 3.05) is 13.1 Å². The van der Waals surface area contributed by atoms with Gasteiger partial charge in [-0.05, 0) is 17.9 Å². The molecule has 0 aromatic heterocycles. The molecule has 0 aliphatic carbocycles. The van der Waals surface area contributed by atoms with Crippen molar-refractivity contribution in [2.45, 2.75) is 44.8 Å². The maximum Gasteiger partial charge on any atom is 0.244 e. The first-order valence-corrected chi connectivity index (χ1v) is 10.8. The molecule has 0 fully saturated rings. The van der Waals surface area contributed by atoms with Crippen LogP contribution in [-0.2, 0) is 30.4 Å². The highest BCUT2D eigenvalue weighted by Gasteiger charge is 2.33. The lowest BCUT2D eigenvalue weighted by atomic mass is 10.0. The van der Waals surface area contributed by atoms with E-state index < -0.39 is 41.8 Å². The van der Waals surface area contributed by atoms with Gasteiger partial charge in [0.05, 0.1) is 19.1 Å². The predicted octanol–water partition coefficient (Wildman–Crippen LogP) is -0.757. The van der Waals surface area contributed by atoms with Crippen LogP contribution < -0.4 is 21.7 Å². The minimum absolute atomic E-state index is 0.0912. The maximum absolute atomic E-state index is 12.9. The molecular formula is C23H31N5O5. The molecule has 33 heavy (non-hydrogen) atoms. The minimum atomic E-state index is -0.977. The van der Waals surface area contributed by atoms with E-state index in [-0.39, 0.29) is 25.4 Å². The van der Waals surface area contributed by atoms with Crippen LogP contribution in [0.1, 0.15) is 25.8 Å². The van der Waals surface area contributed by atoms with Crippen LogP contribution in [0.5, 0.6) is 0 Å². The molecule has 0 saturated carbocycles. The summed E-state index contributed by atoms with van der Waals surface area (Å²) in [4.78, 5) is 62.3. The van der Waals surface area contributed by atoms with Crippen molar-refractivity contribution in [3.05, 3.63) is 48.2 Å². The molecular weight excluding hydrogens is 426 g/mol. The first-order chi connectivity index (χ1) is 15.8. The van der Waals surface area contributed by atoms with E-state index in [1.165, 1.54) is 11.1 Å². The van der Waals surface area contributed by atoms with Crippen molar-refractivity contribution < 1.29 is 24.0 Å². The van der Waals surface area contributed by atoms with E-state index in [4.69, 9.17) is 5.73 Å². The number of carbonyl (C=O) groups excluding carboxylic acids is 5. The Kier molecular flexibility index (Phi) is 9.74. The molecule has 1 aromatic rings. The van der Waals surface area contributed by atoms with Crippen molar-refractivity contribution >= 4 is 29.9 Å². The van der Waals surface area contributed by atoms with Crippen LogP contribution in [0, 0.1) is 5.92 Å². The normalized spacial score (nSPS) is 16.7. The topological polar surface area (TPSA) is 151 Å². The van der Waals surface area contributed by atoms with Gasteiger partial charge >= 0.3 is 0 Å². The van der Waals surface area contributed by atoms with Crippen molar-refractivity contribution in [2.24, 2.45) is 11.7 Å². The van der Waals surface area contributed by atoms with Gasteiger partial charge in [-0.2, -0.15) is 0 Å². The molecule has 1 aromatic carbocycles. The Morgan fingerprint density at radius 2 is 1.85 bits per heavy atom. The van der Waals surface area contributed by atoms with E-state index in [0.29, 0.717) is 12.7 Å². The molecule has 10 nitrogen and oxygen atoms in total. The standard InChI is InChI=1S/C23H31N5O5/c1-15(2)18(14-29)26-20(30)13-25-22(32)17(11-16-7-4-3-5-8-16)27-23(33)19-9-6-10-28(19)21(31)12-24/h3-8,10,14-15,17-19H,9,11-13,24H2,1-2H3,(H,25,32)(H,26,30)(H,27,33). The van der Waals surface area contributed by atoms with E-state index in [1.807, 2.05) is 30.3 Å². The monoisotopic (exact) mass is 457 g/mol. The lowest BCUT2D eigenvalue weighted by molar-refractivity contribution is -0.137. The summed E-state index contributed by atoms with van der Waals surface area (Å²) in [5.41, 5.74) is 6.22. The number of rotatable bonds is 11. The lowest BCUT2D eigenvalue weighted by Crippen LogP contribution is -2.55. The molecule has 0 radical (unpaired) electrons. The van der Waals surface area contributed by atoms with Gasteiger partial charge in [0.2, 0.25) is 23.6 Å². The first-order valence-electron chi connectivity index (χ1n) is 10.8. The highest BCUT2D eigenvalue weighted by Crippen LogP contribution is 2.15. The quantitative estimate of drug-likeness (QED) is 0.321. The van der Waals surface area contributed by atoms with Crippen molar-refractivity contribution in [3.8, 4) is 0 Å². The molecule has 1 heterocycles. The van der Waals surface area contributed by atoms with Gasteiger partial charge in [-0.3, -0.25) is 19.2 Å². The van der Waals surface area contributed by atoms with E-state index in [2.05, 4.69) is 16.0 Å². The molecule has 3 unspecified atom stereocenters. The Labute approximate surface area is 192 Å². The van der Waals surface area contributed by atoms with Gasteiger partial charge in [-0.25, -0.2) is 0 Å². The third-order valence-electron chi connectivity index (χ3n) is 5.26. The Balaban J connectivity index is 2.06. The van der Waals surface area contributed by atoms with Crippen molar-refractivity contribution in [1.29, 1.82) is 0 Å². The van der Waals surface area contributed by atoms with E-state index in [1.54, 1.807) is 19.9 Å². The molecule has 1 aliphatic rings. The zero-order chi connectivity index (χ0) is 24.4. The number of carbonyl (C=O) groups is 5. The minimum Gasteiger partial charge on any atom is -0.345 e. The summed E-state index contributed by atoms with van der Waals surface area (Å²) >= 11 is 0. The molecule has 4 amide bonds. The average Bonchev–Trinajstić information content (AvgIpc) is 3.30. The SMILES string of the molecule is CC(C)C(C=O)NC(=O)CNC(=O)C(Cc1ccccc1)NC(=O)C1CC=CN1C(=O)CN. The third-order valence-corrected chi connectivity index (χ3v) is 5.26.